The summed E-state index contributed by atoms with van der Waals surface area (Å²) in [5, 5.41) is 3.86. The molecule has 0 spiro atoms. The van der Waals surface area contributed by atoms with E-state index in [2.05, 4.69) is 15.3 Å². The van der Waals surface area contributed by atoms with Gasteiger partial charge in [-0.05, 0) is 0 Å². The van der Waals surface area contributed by atoms with Crippen LogP contribution in [-0.2, 0) is 5.32 Å². The molecule has 3 aromatic rings. The molecule has 1 N–H and O–H groups in total. The number of aromatic nitrogens is 2. The third-order valence-corrected chi connectivity index (χ3v) is 5.62. The van der Waals surface area contributed by atoms with Gasteiger partial charge in [-0.25, -0.2) is 0 Å². The maximum atomic E-state index is 12.5. The van der Waals surface area contributed by atoms with Crippen LogP contribution in [0.15, 0.2) is 73.3 Å². The van der Waals surface area contributed by atoms with E-state index in [9.17, 15) is 4.79 Å². The van der Waals surface area contributed by atoms with Crippen LogP contribution in [0.3, 0.4) is 0 Å². The molecule has 114 valence electrons. The molecule has 23 heavy (non-hydrogen) atoms. The van der Waals surface area contributed by atoms with E-state index in [1.165, 1.54) is 5.56 Å². The molecule has 1 amide bonds. The number of pyridine rings is 2. The van der Waals surface area contributed by atoms with Crippen LogP contribution in [0.1, 0.15) is 15.9 Å². The second kappa shape index (κ2) is 7.68. The van der Waals surface area contributed by atoms with Crippen LogP contribution in [-0.4, -0.2) is 30.8 Å². The summed E-state index contributed by atoms with van der Waals surface area (Å²) in [6.07, 6.45) is 6.92. The predicted molar refractivity (Wildman–Crippen MR) is 92.0 cm³/mol. The van der Waals surface area contributed by atoms with Crippen molar-refractivity contribution < 1.29 is 4.79 Å². The van der Waals surface area contributed by atoms with Gasteiger partial charge in [0.2, 0.25) is 0 Å². The fourth-order valence-corrected chi connectivity index (χ4v) is 4.16. The molecule has 1 aromatic carbocycles. The quantitative estimate of drug-likeness (QED) is 0.703. The van der Waals surface area contributed by atoms with Gasteiger partial charge in [0.15, 0.2) is 0 Å². The Morgan fingerprint density at radius 3 is 2.30 bits per heavy atom. The normalized spacial score (nSPS) is 10.3. The SMILES string of the molecule is O=C(Nc1ccncc1)c1ccccc1[Se]Cc1ccncc1. The molecule has 5 heteroatoms. The van der Waals surface area contributed by atoms with Crippen molar-refractivity contribution in [2.45, 2.75) is 5.32 Å². The fraction of sp³-hybridized carbons (Fsp3) is 0.0556. The monoisotopic (exact) mass is 369 g/mol. The van der Waals surface area contributed by atoms with Crippen molar-refractivity contribution >= 4 is 31.0 Å². The van der Waals surface area contributed by atoms with Gasteiger partial charge in [-0.3, -0.25) is 0 Å². The molecule has 0 bridgehead atoms. The summed E-state index contributed by atoms with van der Waals surface area (Å²) in [5.41, 5.74) is 2.73. The summed E-state index contributed by atoms with van der Waals surface area (Å²) >= 11 is 0.188. The minimum absolute atomic E-state index is 0.0802. The van der Waals surface area contributed by atoms with Crippen molar-refractivity contribution in [3.63, 3.8) is 0 Å². The predicted octanol–water partition coefficient (Wildman–Crippen LogP) is 2.26. The number of anilines is 1. The van der Waals surface area contributed by atoms with E-state index in [1.807, 2.05) is 36.4 Å². The second-order valence-electron chi connectivity index (χ2n) is 4.83. The van der Waals surface area contributed by atoms with Crippen molar-refractivity contribution in [1.82, 2.24) is 9.97 Å². The number of amides is 1. The molecule has 0 aliphatic heterocycles. The number of hydrogen-bond acceptors (Lipinski definition) is 3. The molecule has 0 atom stereocenters. The summed E-state index contributed by atoms with van der Waals surface area (Å²) in [6, 6.07) is 15.4. The van der Waals surface area contributed by atoms with Crippen LogP contribution in [0.5, 0.6) is 0 Å². The van der Waals surface area contributed by atoms with Gasteiger partial charge in [-0.1, -0.05) is 0 Å². The second-order valence-corrected chi connectivity index (χ2v) is 6.96. The molecule has 3 rings (SSSR count). The van der Waals surface area contributed by atoms with E-state index in [0.29, 0.717) is 0 Å². The average Bonchev–Trinajstić information content (AvgIpc) is 2.62. The first kappa shape index (κ1) is 15.4. The van der Waals surface area contributed by atoms with Crippen molar-refractivity contribution in [3.8, 4) is 0 Å². The topological polar surface area (TPSA) is 54.9 Å². The molecule has 2 aromatic heterocycles. The molecule has 0 saturated heterocycles. The molecule has 0 saturated carbocycles. The molecule has 0 unspecified atom stereocenters. The number of rotatable bonds is 5. The fourth-order valence-electron chi connectivity index (χ4n) is 2.05. The number of carbonyl (C=O) groups is 1. The standard InChI is InChI=1S/C18H15N3OSe/c22-18(21-15-7-11-20-12-8-15)16-3-1-2-4-17(16)23-13-14-5-9-19-10-6-14/h1-12H,13H2,(H,20,21,22). The average molecular weight is 368 g/mol. The van der Waals surface area contributed by atoms with Gasteiger partial charge in [0.1, 0.15) is 0 Å². The van der Waals surface area contributed by atoms with E-state index in [1.54, 1.807) is 36.9 Å². The first-order chi connectivity index (χ1) is 11.3. The Labute approximate surface area is 141 Å². The molecular formula is C18H15N3OSe. The number of carbonyl (C=O) groups excluding carboxylic acids is 1. The first-order valence-electron chi connectivity index (χ1n) is 7.15. The van der Waals surface area contributed by atoms with Crippen LogP contribution in [0.25, 0.3) is 0 Å². The third kappa shape index (κ3) is 4.25. The summed E-state index contributed by atoms with van der Waals surface area (Å²) < 4.78 is 1.10. The summed E-state index contributed by atoms with van der Waals surface area (Å²) in [7, 11) is 0. The summed E-state index contributed by atoms with van der Waals surface area (Å²) in [6.45, 7) is 0. The minimum atomic E-state index is -0.0802. The Bertz CT molecular complexity index is 779. The molecule has 0 aliphatic carbocycles. The maximum absolute atomic E-state index is 12.5. The van der Waals surface area contributed by atoms with Crippen LogP contribution >= 0.6 is 0 Å². The van der Waals surface area contributed by atoms with E-state index >= 15 is 0 Å². The van der Waals surface area contributed by atoms with Crippen molar-refractivity contribution in [1.29, 1.82) is 0 Å². The molecular weight excluding hydrogens is 353 g/mol. The van der Waals surface area contributed by atoms with Gasteiger partial charge in [-0.2, -0.15) is 0 Å². The number of nitrogens with one attached hydrogen (secondary N) is 1. The Morgan fingerprint density at radius 2 is 1.57 bits per heavy atom. The molecule has 0 radical (unpaired) electrons. The zero-order valence-electron chi connectivity index (χ0n) is 12.3. The van der Waals surface area contributed by atoms with Gasteiger partial charge in [0, 0.05) is 0 Å². The Hall–Kier alpha value is -2.49. The van der Waals surface area contributed by atoms with Gasteiger partial charge in [0.05, 0.1) is 0 Å². The number of benzene rings is 1. The van der Waals surface area contributed by atoms with Crippen molar-refractivity contribution in [3.05, 3.63) is 84.4 Å². The molecule has 0 aliphatic rings. The summed E-state index contributed by atoms with van der Waals surface area (Å²) in [5.74, 6) is -0.0802. The van der Waals surface area contributed by atoms with Crippen LogP contribution in [0, 0.1) is 0 Å². The zero-order chi connectivity index (χ0) is 15.9. The Morgan fingerprint density at radius 1 is 0.913 bits per heavy atom. The van der Waals surface area contributed by atoms with E-state index in [0.717, 1.165) is 21.0 Å². The Balaban J connectivity index is 1.73. The van der Waals surface area contributed by atoms with Crippen LogP contribution < -0.4 is 9.78 Å². The van der Waals surface area contributed by atoms with Crippen LogP contribution in [0.2, 0.25) is 0 Å². The summed E-state index contributed by atoms with van der Waals surface area (Å²) in [4.78, 5) is 20.5. The van der Waals surface area contributed by atoms with Crippen molar-refractivity contribution in [2.24, 2.45) is 0 Å². The van der Waals surface area contributed by atoms with Gasteiger partial charge in [0.25, 0.3) is 0 Å². The van der Waals surface area contributed by atoms with Crippen LogP contribution in [0.4, 0.5) is 5.69 Å². The van der Waals surface area contributed by atoms with Gasteiger partial charge in [-0.15, -0.1) is 0 Å². The molecule has 0 fully saturated rings. The molecule has 4 nitrogen and oxygen atoms in total. The van der Waals surface area contributed by atoms with Gasteiger partial charge < -0.3 is 0 Å². The van der Waals surface area contributed by atoms with E-state index in [4.69, 9.17) is 0 Å². The number of nitrogens with zero attached hydrogens (tertiary/aromatic N) is 2. The third-order valence-electron chi connectivity index (χ3n) is 3.21. The zero-order valence-corrected chi connectivity index (χ0v) is 14.1. The first-order valence-corrected chi connectivity index (χ1v) is 9.22. The molecule has 2 heterocycles. The van der Waals surface area contributed by atoms with Crippen molar-refractivity contribution in [2.75, 3.05) is 5.32 Å². The Kier molecular flexibility index (Phi) is 5.14. The van der Waals surface area contributed by atoms with E-state index in [-0.39, 0.29) is 20.9 Å². The van der Waals surface area contributed by atoms with Gasteiger partial charge >= 0.3 is 141 Å². The number of hydrogen-bond donors (Lipinski definition) is 1. The van der Waals surface area contributed by atoms with E-state index < -0.39 is 0 Å².